The van der Waals surface area contributed by atoms with Crippen molar-refractivity contribution in [1.29, 1.82) is 0 Å². The van der Waals surface area contributed by atoms with Crippen LogP contribution in [-0.2, 0) is 13.1 Å². The van der Waals surface area contributed by atoms with E-state index in [0.717, 1.165) is 10.9 Å². The molecule has 0 unspecified atom stereocenters. The highest BCUT2D eigenvalue weighted by atomic mass is 19.1. The summed E-state index contributed by atoms with van der Waals surface area (Å²) < 4.78 is 22.4. The smallest absolute Gasteiger partial charge is 0.275 e. The zero-order chi connectivity index (χ0) is 16.5. The number of aromatic nitrogens is 4. The molecule has 4 rings (SSSR count). The van der Waals surface area contributed by atoms with Gasteiger partial charge in [-0.1, -0.05) is 18.2 Å². The van der Waals surface area contributed by atoms with Gasteiger partial charge in [-0.3, -0.25) is 9.48 Å². The maximum atomic E-state index is 14.0. The molecule has 1 aliphatic rings. The summed E-state index contributed by atoms with van der Waals surface area (Å²) in [5, 5.41) is 12.0. The first kappa shape index (κ1) is 14.7. The number of halogens is 1. The maximum absolute atomic E-state index is 14.0. The molecule has 0 saturated carbocycles. The molecule has 1 amide bonds. The van der Waals surface area contributed by atoms with Crippen LogP contribution in [0.25, 0.3) is 10.9 Å². The largest absolute Gasteiger partial charge is 0.474 e. The number of ether oxygens (including phenoxy) is 1. The maximum Gasteiger partial charge on any atom is 0.275 e. The predicted molar refractivity (Wildman–Crippen MR) is 84.4 cm³/mol. The third-order valence-corrected chi connectivity index (χ3v) is 3.99. The van der Waals surface area contributed by atoms with Gasteiger partial charge in [-0.2, -0.15) is 14.6 Å². The van der Waals surface area contributed by atoms with E-state index in [4.69, 9.17) is 4.74 Å². The summed E-state index contributed by atoms with van der Waals surface area (Å²) in [6.07, 6.45) is 2.50. The van der Waals surface area contributed by atoms with E-state index in [0.29, 0.717) is 32.7 Å². The van der Waals surface area contributed by atoms with Crippen molar-refractivity contribution in [2.45, 2.75) is 19.5 Å². The van der Waals surface area contributed by atoms with Gasteiger partial charge in [-0.25, -0.2) is 4.68 Å². The number of benzene rings is 1. The Hall–Kier alpha value is -2.90. The lowest BCUT2D eigenvalue weighted by Crippen LogP contribution is -2.26. The van der Waals surface area contributed by atoms with Crippen molar-refractivity contribution in [3.63, 3.8) is 0 Å². The van der Waals surface area contributed by atoms with Crippen molar-refractivity contribution in [3.8, 4) is 5.88 Å². The minimum absolute atomic E-state index is 0.0446. The zero-order valence-electron chi connectivity index (χ0n) is 12.9. The van der Waals surface area contributed by atoms with Crippen LogP contribution in [0.3, 0.4) is 0 Å². The molecule has 0 saturated heterocycles. The van der Waals surface area contributed by atoms with E-state index >= 15 is 0 Å². The molecule has 3 aromatic rings. The van der Waals surface area contributed by atoms with Crippen LogP contribution in [0, 0.1) is 5.82 Å². The fourth-order valence-corrected chi connectivity index (χ4v) is 2.81. The standard InChI is InChI=1S/C16H16FN5O2/c17-13-14(20-22-8-9-24-16(13)22)15(23)18-6-3-7-21-12-5-2-1-4-11(12)10-19-21/h1-2,4-5,10H,3,6-9H2,(H,18,23). The Balaban J connectivity index is 1.33. The molecule has 0 bridgehead atoms. The summed E-state index contributed by atoms with van der Waals surface area (Å²) in [5.41, 5.74) is 0.840. The second kappa shape index (κ2) is 5.95. The van der Waals surface area contributed by atoms with Crippen LogP contribution < -0.4 is 10.1 Å². The molecule has 3 heterocycles. The second-order valence-electron chi connectivity index (χ2n) is 5.58. The molecule has 7 nitrogen and oxygen atoms in total. The molecule has 1 N–H and O–H groups in total. The van der Waals surface area contributed by atoms with Gasteiger partial charge in [0.15, 0.2) is 5.69 Å². The number of fused-ring (bicyclic) bond motifs is 2. The van der Waals surface area contributed by atoms with E-state index in [1.807, 2.05) is 35.1 Å². The molecule has 0 fully saturated rings. The second-order valence-corrected chi connectivity index (χ2v) is 5.58. The van der Waals surface area contributed by atoms with Gasteiger partial charge in [-0.15, -0.1) is 0 Å². The third-order valence-electron chi connectivity index (χ3n) is 3.99. The number of hydrogen-bond donors (Lipinski definition) is 1. The molecule has 1 aliphatic heterocycles. The van der Waals surface area contributed by atoms with Crippen LogP contribution in [0.2, 0.25) is 0 Å². The van der Waals surface area contributed by atoms with Crippen molar-refractivity contribution in [3.05, 3.63) is 42.0 Å². The molecule has 0 radical (unpaired) electrons. The molecule has 124 valence electrons. The number of amides is 1. The first-order valence-corrected chi connectivity index (χ1v) is 7.82. The summed E-state index contributed by atoms with van der Waals surface area (Å²) in [5.74, 6) is -1.17. The minimum atomic E-state index is -0.692. The van der Waals surface area contributed by atoms with Gasteiger partial charge in [0.05, 0.1) is 18.3 Å². The van der Waals surface area contributed by atoms with Gasteiger partial charge >= 0.3 is 0 Å². The van der Waals surface area contributed by atoms with E-state index in [-0.39, 0.29) is 11.6 Å². The van der Waals surface area contributed by atoms with E-state index in [1.54, 1.807) is 0 Å². The quantitative estimate of drug-likeness (QED) is 0.721. The van der Waals surface area contributed by atoms with Gasteiger partial charge in [0.1, 0.15) is 6.61 Å². The Morgan fingerprint density at radius 1 is 1.38 bits per heavy atom. The molecule has 2 aromatic heterocycles. The molecule has 0 aliphatic carbocycles. The number of hydrogen-bond acceptors (Lipinski definition) is 4. The van der Waals surface area contributed by atoms with Crippen LogP contribution in [-0.4, -0.2) is 38.6 Å². The summed E-state index contributed by atoms with van der Waals surface area (Å²) >= 11 is 0. The van der Waals surface area contributed by atoms with Crippen LogP contribution >= 0.6 is 0 Å². The Labute approximate surface area is 137 Å². The van der Waals surface area contributed by atoms with E-state index in [2.05, 4.69) is 15.5 Å². The van der Waals surface area contributed by atoms with Gasteiger partial charge in [0, 0.05) is 18.5 Å². The Morgan fingerprint density at radius 2 is 2.25 bits per heavy atom. The molecule has 8 heteroatoms. The van der Waals surface area contributed by atoms with Crippen molar-refractivity contribution in [2.75, 3.05) is 13.2 Å². The molecule has 0 atom stereocenters. The zero-order valence-corrected chi connectivity index (χ0v) is 12.9. The minimum Gasteiger partial charge on any atom is -0.474 e. The lowest BCUT2D eigenvalue weighted by atomic mass is 10.2. The number of para-hydroxylation sites is 1. The Bertz CT molecular complexity index is 901. The first-order valence-electron chi connectivity index (χ1n) is 7.82. The Morgan fingerprint density at radius 3 is 3.12 bits per heavy atom. The highest BCUT2D eigenvalue weighted by Gasteiger charge is 2.27. The molecular formula is C16H16FN5O2. The van der Waals surface area contributed by atoms with E-state index < -0.39 is 11.7 Å². The van der Waals surface area contributed by atoms with Gasteiger partial charge < -0.3 is 10.1 Å². The lowest BCUT2D eigenvalue weighted by Gasteiger charge is -2.05. The topological polar surface area (TPSA) is 74.0 Å². The van der Waals surface area contributed by atoms with E-state index in [1.165, 1.54) is 4.68 Å². The number of carbonyl (C=O) groups is 1. The number of nitrogens with zero attached hydrogens (tertiary/aromatic N) is 4. The summed E-state index contributed by atoms with van der Waals surface area (Å²) in [4.78, 5) is 12.0. The van der Waals surface area contributed by atoms with Crippen LogP contribution in [0.4, 0.5) is 4.39 Å². The van der Waals surface area contributed by atoms with Gasteiger partial charge in [0.2, 0.25) is 11.7 Å². The highest BCUT2D eigenvalue weighted by Crippen LogP contribution is 2.24. The average Bonchev–Trinajstić information content (AvgIpc) is 3.28. The molecule has 1 aromatic carbocycles. The average molecular weight is 329 g/mol. The van der Waals surface area contributed by atoms with Crippen molar-refractivity contribution < 1.29 is 13.9 Å². The third kappa shape index (κ3) is 2.49. The van der Waals surface area contributed by atoms with Crippen molar-refractivity contribution >= 4 is 16.8 Å². The number of aryl methyl sites for hydroxylation is 1. The Kier molecular flexibility index (Phi) is 3.64. The van der Waals surface area contributed by atoms with Crippen LogP contribution in [0.5, 0.6) is 5.88 Å². The first-order chi connectivity index (χ1) is 11.7. The van der Waals surface area contributed by atoms with Crippen LogP contribution in [0.1, 0.15) is 16.9 Å². The summed E-state index contributed by atoms with van der Waals surface area (Å²) in [7, 11) is 0. The van der Waals surface area contributed by atoms with Crippen LogP contribution in [0.15, 0.2) is 30.5 Å². The van der Waals surface area contributed by atoms with Gasteiger partial charge in [0.25, 0.3) is 5.91 Å². The monoisotopic (exact) mass is 329 g/mol. The highest BCUT2D eigenvalue weighted by molar-refractivity contribution is 5.92. The van der Waals surface area contributed by atoms with Gasteiger partial charge in [-0.05, 0) is 12.5 Å². The number of nitrogens with one attached hydrogen (secondary N) is 1. The summed E-state index contributed by atoms with van der Waals surface area (Å²) in [6.45, 7) is 1.93. The molecule has 24 heavy (non-hydrogen) atoms. The molecule has 0 spiro atoms. The fraction of sp³-hybridized carbons (Fsp3) is 0.312. The predicted octanol–water partition coefficient (Wildman–Crippen LogP) is 1.58. The number of carbonyl (C=O) groups excluding carboxylic acids is 1. The van der Waals surface area contributed by atoms with Crippen molar-refractivity contribution in [1.82, 2.24) is 24.9 Å². The fourth-order valence-electron chi connectivity index (χ4n) is 2.81. The van der Waals surface area contributed by atoms with Crippen molar-refractivity contribution in [2.24, 2.45) is 0 Å². The normalized spacial score (nSPS) is 13.0. The molecular weight excluding hydrogens is 313 g/mol. The lowest BCUT2D eigenvalue weighted by molar-refractivity contribution is 0.0942. The SMILES string of the molecule is O=C(NCCCn1ncc2ccccc21)c1nn2c(c1F)OCC2. The summed E-state index contributed by atoms with van der Waals surface area (Å²) in [6, 6.07) is 7.94. The van der Waals surface area contributed by atoms with E-state index in [9.17, 15) is 9.18 Å². The number of rotatable bonds is 5.